The van der Waals surface area contributed by atoms with Crippen LogP contribution in [0.1, 0.15) is 47.0 Å². The summed E-state index contributed by atoms with van der Waals surface area (Å²) in [4.78, 5) is 0. The average Bonchev–Trinajstić information content (AvgIpc) is 2.99. The van der Waals surface area contributed by atoms with Crippen LogP contribution in [-0.2, 0) is 24.7 Å². The van der Waals surface area contributed by atoms with Gasteiger partial charge in [0.1, 0.15) is 0 Å². The first-order chi connectivity index (χ1) is 8.95. The molecule has 3 rings (SSSR count). The van der Waals surface area contributed by atoms with Crippen molar-refractivity contribution >= 4 is 10.2 Å². The molecule has 19 heavy (non-hydrogen) atoms. The fourth-order valence-electron chi connectivity index (χ4n) is 4.20. The number of hydrogen-bond donors (Lipinski definition) is 0. The van der Waals surface area contributed by atoms with E-state index in [1.54, 1.807) is 67.0 Å². The summed E-state index contributed by atoms with van der Waals surface area (Å²) in [6.07, 6.45) is 4.11. The van der Waals surface area contributed by atoms with Crippen molar-refractivity contribution in [2.24, 2.45) is 5.92 Å². The van der Waals surface area contributed by atoms with Gasteiger partial charge in [0.2, 0.25) is 0 Å². The van der Waals surface area contributed by atoms with Crippen molar-refractivity contribution in [3.05, 3.63) is 42.3 Å². The molecule has 0 amide bonds. The van der Waals surface area contributed by atoms with Gasteiger partial charge in [0.25, 0.3) is 0 Å². The number of rotatable bonds is 1. The Morgan fingerprint density at radius 3 is 2.21 bits per heavy atom. The molecule has 0 aromatic carbocycles. The third-order valence-corrected chi connectivity index (χ3v) is 10.0. The zero-order chi connectivity index (χ0) is 13.9. The summed E-state index contributed by atoms with van der Waals surface area (Å²) in [5.74, 6) is 0.655. The Morgan fingerprint density at radius 2 is 1.63 bits per heavy atom. The minimum absolute atomic E-state index is 0.655. The zero-order valence-electron chi connectivity index (χ0n) is 12.8. The van der Waals surface area contributed by atoms with E-state index < -0.39 is 0 Å². The van der Waals surface area contributed by atoms with Gasteiger partial charge >= 0.3 is 136 Å². The van der Waals surface area contributed by atoms with Crippen LogP contribution in [0, 0.1) is 5.92 Å². The van der Waals surface area contributed by atoms with E-state index in [4.69, 9.17) is 0 Å². The van der Waals surface area contributed by atoms with Crippen molar-refractivity contribution in [2.45, 2.75) is 52.5 Å². The Bertz CT molecular complexity index is 586. The second kappa shape index (κ2) is 4.81. The first-order valence-corrected chi connectivity index (χ1v) is 9.90. The van der Waals surface area contributed by atoms with E-state index in [2.05, 4.69) is 27.7 Å². The van der Waals surface area contributed by atoms with Crippen LogP contribution in [0.3, 0.4) is 0 Å². The molecular weight excluding hydrogens is 323 g/mol. The van der Waals surface area contributed by atoms with Gasteiger partial charge in [-0.05, 0) is 0 Å². The van der Waals surface area contributed by atoms with E-state index in [1.165, 1.54) is 29.5 Å². The van der Waals surface area contributed by atoms with E-state index in [0.29, 0.717) is 5.92 Å². The van der Waals surface area contributed by atoms with E-state index in [-0.39, 0.29) is 0 Å². The Morgan fingerprint density at radius 1 is 1.00 bits per heavy atom. The Kier molecular flexibility index (Phi) is 3.55. The summed E-state index contributed by atoms with van der Waals surface area (Å²) in [7, 11) is 1.29. The van der Waals surface area contributed by atoms with Gasteiger partial charge in [-0.3, -0.25) is 0 Å². The van der Waals surface area contributed by atoms with Crippen molar-refractivity contribution in [3.8, 4) is 0 Å². The minimum atomic E-state index is 0.655. The molecule has 3 aliphatic rings. The first kappa shape index (κ1) is 14.0. The molecule has 1 saturated carbocycles. The van der Waals surface area contributed by atoms with Gasteiger partial charge in [0.15, 0.2) is 0 Å². The second-order valence-electron chi connectivity index (χ2n) is 6.43. The summed E-state index contributed by atoms with van der Waals surface area (Å²) in [6.45, 7) is 9.43. The average molecular weight is 347 g/mol. The molecule has 0 aromatic rings. The van der Waals surface area contributed by atoms with E-state index >= 15 is 0 Å². The van der Waals surface area contributed by atoms with Gasteiger partial charge < -0.3 is 0 Å². The molecular formula is C17H23SiZr. The molecule has 0 aromatic heterocycles. The normalized spacial score (nSPS) is 31.3. The molecule has 0 saturated heterocycles. The summed E-state index contributed by atoms with van der Waals surface area (Å²) < 4.78 is 1.80. The van der Waals surface area contributed by atoms with Gasteiger partial charge in [0, 0.05) is 0 Å². The quantitative estimate of drug-likeness (QED) is 0.635. The fraction of sp³-hybridized carbons (Fsp3) is 0.529. The number of fused-ring (bicyclic) bond motifs is 1. The summed E-state index contributed by atoms with van der Waals surface area (Å²) in [6, 6.07) is 0. The number of hydrogen-bond acceptors (Lipinski definition) is 0. The molecule has 2 heteroatoms. The van der Waals surface area contributed by atoms with Gasteiger partial charge in [0.05, 0.1) is 0 Å². The molecule has 0 aliphatic heterocycles. The predicted molar refractivity (Wildman–Crippen MR) is 81.8 cm³/mol. The van der Waals surface area contributed by atoms with Gasteiger partial charge in [-0.25, -0.2) is 0 Å². The topological polar surface area (TPSA) is 0 Å². The second-order valence-corrected chi connectivity index (χ2v) is 8.91. The van der Waals surface area contributed by atoms with E-state index in [0.717, 1.165) is 5.54 Å². The summed E-state index contributed by atoms with van der Waals surface area (Å²) in [5.41, 5.74) is 12.6. The zero-order valence-corrected chi connectivity index (χ0v) is 17.2. The van der Waals surface area contributed by atoms with Crippen molar-refractivity contribution < 1.29 is 24.7 Å². The third-order valence-electron chi connectivity index (χ3n) is 5.66. The molecule has 1 fully saturated rings. The molecule has 2 atom stereocenters. The van der Waals surface area contributed by atoms with E-state index in [9.17, 15) is 0 Å². The monoisotopic (exact) mass is 345 g/mol. The van der Waals surface area contributed by atoms with Crippen LogP contribution in [-0.4, -0.2) is 10.2 Å². The van der Waals surface area contributed by atoms with Crippen LogP contribution in [0.15, 0.2) is 42.3 Å². The molecule has 0 nitrogen and oxygen atoms in total. The molecule has 0 N–H and O–H groups in total. The molecule has 0 heterocycles. The molecule has 0 bridgehead atoms. The molecule has 99 valence electrons. The fourth-order valence-corrected chi connectivity index (χ4v) is 6.24. The molecule has 3 aliphatic carbocycles. The van der Waals surface area contributed by atoms with Gasteiger partial charge in [-0.2, -0.15) is 0 Å². The standard InChI is InChI=1S/C17H23Si.Zr/c1-9-10(2)12(4)16(11(9)3)17-14-7-5-6-13(14)8-15(17)18;/h11,15H,5-7H2,1-4,18H3;. The Hall–Kier alpha value is 0.0600. The van der Waals surface area contributed by atoms with E-state index in [1.807, 2.05) is 0 Å². The van der Waals surface area contributed by atoms with Gasteiger partial charge in [-0.15, -0.1) is 0 Å². The van der Waals surface area contributed by atoms with Crippen LogP contribution in [0.5, 0.6) is 0 Å². The molecule has 0 radical (unpaired) electrons. The maximum absolute atomic E-state index is 2.42. The Labute approximate surface area is 135 Å². The van der Waals surface area contributed by atoms with Crippen LogP contribution < -0.4 is 0 Å². The Balaban J connectivity index is 2.14. The first-order valence-electron chi connectivity index (χ1n) is 7.52. The van der Waals surface area contributed by atoms with Crippen LogP contribution in [0.2, 0.25) is 5.54 Å². The van der Waals surface area contributed by atoms with Gasteiger partial charge in [-0.1, -0.05) is 0 Å². The third kappa shape index (κ3) is 1.86. The van der Waals surface area contributed by atoms with Crippen molar-refractivity contribution in [3.63, 3.8) is 0 Å². The van der Waals surface area contributed by atoms with Crippen LogP contribution in [0.4, 0.5) is 0 Å². The number of allylic oxidation sites excluding steroid dienone is 8. The van der Waals surface area contributed by atoms with Crippen molar-refractivity contribution in [1.82, 2.24) is 0 Å². The van der Waals surface area contributed by atoms with Crippen LogP contribution >= 0.6 is 0 Å². The maximum atomic E-state index is 2.42. The van der Waals surface area contributed by atoms with Crippen molar-refractivity contribution in [2.75, 3.05) is 0 Å². The van der Waals surface area contributed by atoms with Crippen molar-refractivity contribution in [1.29, 1.82) is 0 Å². The SMILES string of the molecule is CC1=C(C)C(C)C(C2=C3CCCC3=[C]([Zr])C2[SiH3])=C1C. The molecule has 0 spiro atoms. The summed E-state index contributed by atoms with van der Waals surface area (Å²) in [5, 5.41) is 0. The van der Waals surface area contributed by atoms with Crippen LogP contribution in [0.25, 0.3) is 0 Å². The summed E-state index contributed by atoms with van der Waals surface area (Å²) >= 11 is 1.67. The predicted octanol–water partition coefficient (Wildman–Crippen LogP) is 3.74. The molecule has 2 unspecified atom stereocenters.